The van der Waals surface area contributed by atoms with Gasteiger partial charge in [-0.15, -0.1) is 0 Å². The molecule has 0 aliphatic heterocycles. The van der Waals surface area contributed by atoms with E-state index in [1.165, 1.54) is 12.3 Å². The summed E-state index contributed by atoms with van der Waals surface area (Å²) in [6, 6.07) is 4.99. The van der Waals surface area contributed by atoms with E-state index >= 15 is 0 Å². The highest BCUT2D eigenvalue weighted by atomic mass is 127. The molecule has 6 heteroatoms. The predicted octanol–water partition coefficient (Wildman–Crippen LogP) is 2.04. The van der Waals surface area contributed by atoms with Gasteiger partial charge in [0.25, 0.3) is 0 Å². The molecule has 0 unspecified atom stereocenters. The molecule has 0 atom stereocenters. The van der Waals surface area contributed by atoms with Gasteiger partial charge in [-0.05, 0) is 34.7 Å². The third-order valence-electron chi connectivity index (χ3n) is 1.92. The van der Waals surface area contributed by atoms with E-state index in [4.69, 9.17) is 10.4 Å². The minimum absolute atomic E-state index is 0.281. The molecule has 0 amide bonds. The van der Waals surface area contributed by atoms with Crippen molar-refractivity contribution in [1.29, 1.82) is 5.26 Å². The van der Waals surface area contributed by atoms with E-state index in [0.717, 1.165) is 4.57 Å². The molecule has 74 valence electrons. The van der Waals surface area contributed by atoms with Crippen LogP contribution in [0.25, 0.3) is 11.0 Å². The largest absolute Gasteiger partial charge is 0.464 e. The average Bonchev–Trinajstić information content (AvgIpc) is 2.56. The number of rotatable bonds is 0. The fraction of sp³-hybridized carbons (Fsp3) is 0. The third-order valence-corrected chi connectivity index (χ3v) is 2.71. The van der Waals surface area contributed by atoms with E-state index < -0.39 is 6.09 Å². The second-order valence-electron chi connectivity index (χ2n) is 2.81. The lowest BCUT2D eigenvalue weighted by Crippen LogP contribution is -2.05. The zero-order valence-electron chi connectivity index (χ0n) is 7.31. The van der Waals surface area contributed by atoms with Crippen LogP contribution in [0.2, 0.25) is 0 Å². The predicted molar refractivity (Wildman–Crippen MR) is 60.6 cm³/mol. The number of aromatic nitrogens is 2. The van der Waals surface area contributed by atoms with Crippen molar-refractivity contribution in [2.75, 3.05) is 0 Å². The van der Waals surface area contributed by atoms with Gasteiger partial charge in [-0.25, -0.2) is 14.3 Å². The van der Waals surface area contributed by atoms with Gasteiger partial charge in [0.1, 0.15) is 17.3 Å². The summed E-state index contributed by atoms with van der Waals surface area (Å²) in [6.45, 7) is 0. The van der Waals surface area contributed by atoms with Gasteiger partial charge in [-0.2, -0.15) is 5.26 Å². The molecule has 0 bridgehead atoms. The highest BCUT2D eigenvalue weighted by molar-refractivity contribution is 14.1. The van der Waals surface area contributed by atoms with Crippen molar-refractivity contribution in [3.8, 4) is 6.07 Å². The van der Waals surface area contributed by atoms with E-state index in [1.807, 2.05) is 28.7 Å². The van der Waals surface area contributed by atoms with Crippen molar-refractivity contribution in [2.24, 2.45) is 0 Å². The van der Waals surface area contributed by atoms with Gasteiger partial charge in [-0.3, -0.25) is 0 Å². The first-order valence-corrected chi connectivity index (χ1v) is 5.02. The maximum absolute atomic E-state index is 10.8. The van der Waals surface area contributed by atoms with Crippen molar-refractivity contribution >= 4 is 39.7 Å². The number of hydrogen-bond donors (Lipinski definition) is 1. The summed E-state index contributed by atoms with van der Waals surface area (Å²) >= 11 is 1.99. The minimum Gasteiger partial charge on any atom is -0.464 e. The van der Waals surface area contributed by atoms with Gasteiger partial charge >= 0.3 is 6.09 Å². The third kappa shape index (κ3) is 1.55. The molecule has 0 aliphatic rings. The van der Waals surface area contributed by atoms with Gasteiger partial charge in [0.15, 0.2) is 0 Å². The summed E-state index contributed by atoms with van der Waals surface area (Å²) in [7, 11) is 0. The molecule has 0 spiro atoms. The molecule has 1 N–H and O–H groups in total. The number of hydrogen-bond acceptors (Lipinski definition) is 3. The average molecular weight is 313 g/mol. The van der Waals surface area contributed by atoms with Gasteiger partial charge in [0.2, 0.25) is 0 Å². The molecule has 2 heterocycles. The topological polar surface area (TPSA) is 78.9 Å². The van der Waals surface area contributed by atoms with Crippen molar-refractivity contribution in [1.82, 2.24) is 9.55 Å². The Morgan fingerprint density at radius 1 is 1.60 bits per heavy atom. The Bertz CT molecular complexity index is 597. The van der Waals surface area contributed by atoms with Crippen molar-refractivity contribution < 1.29 is 9.90 Å². The van der Waals surface area contributed by atoms with Crippen LogP contribution in [-0.2, 0) is 0 Å². The van der Waals surface area contributed by atoms with E-state index in [0.29, 0.717) is 14.6 Å². The van der Waals surface area contributed by atoms with Gasteiger partial charge in [-0.1, -0.05) is 0 Å². The summed E-state index contributed by atoms with van der Waals surface area (Å²) in [6.07, 6.45) is 0.413. The summed E-state index contributed by atoms with van der Waals surface area (Å²) in [5, 5.41) is 17.6. The quantitative estimate of drug-likeness (QED) is 0.755. The van der Waals surface area contributed by atoms with Crippen LogP contribution in [0.5, 0.6) is 0 Å². The van der Waals surface area contributed by atoms with Crippen LogP contribution < -0.4 is 0 Å². The first-order chi connectivity index (χ1) is 7.13. The lowest BCUT2D eigenvalue weighted by Gasteiger charge is -1.96. The van der Waals surface area contributed by atoms with E-state index in [2.05, 4.69) is 4.98 Å². The number of halogens is 1. The van der Waals surface area contributed by atoms with Crippen molar-refractivity contribution in [2.45, 2.75) is 0 Å². The molecule has 0 aromatic carbocycles. The Labute approximate surface area is 98.1 Å². The van der Waals surface area contributed by atoms with Crippen molar-refractivity contribution in [3.05, 3.63) is 27.6 Å². The molecular formula is C9H4IN3O2. The summed E-state index contributed by atoms with van der Waals surface area (Å²) < 4.78 is 1.80. The molecule has 0 saturated heterocycles. The molecule has 0 fully saturated rings. The normalized spacial score (nSPS) is 10.1. The zero-order chi connectivity index (χ0) is 11.0. The number of nitrogens with zero attached hydrogens (tertiary/aromatic N) is 3. The molecule has 0 radical (unpaired) electrons. The lowest BCUT2D eigenvalue weighted by atomic mass is 10.3. The molecule has 0 saturated carbocycles. The Balaban J connectivity index is 2.82. The zero-order valence-corrected chi connectivity index (χ0v) is 9.46. The number of carbonyl (C=O) groups is 1. The minimum atomic E-state index is -1.06. The second-order valence-corrected chi connectivity index (χ2v) is 3.97. The van der Waals surface area contributed by atoms with Crippen LogP contribution in [0.15, 0.2) is 18.3 Å². The van der Waals surface area contributed by atoms with E-state index in [1.54, 1.807) is 6.07 Å². The molecular weight excluding hydrogens is 309 g/mol. The fourth-order valence-electron chi connectivity index (χ4n) is 1.29. The number of carboxylic acid groups (broad SMARTS) is 1. The van der Waals surface area contributed by atoms with Crippen LogP contribution in [-0.4, -0.2) is 20.8 Å². The number of nitriles is 1. The maximum Gasteiger partial charge on any atom is 0.416 e. The van der Waals surface area contributed by atoms with Crippen LogP contribution in [0.4, 0.5) is 4.79 Å². The molecule has 2 aromatic heterocycles. The highest BCUT2D eigenvalue weighted by Gasteiger charge is 2.12. The Hall–Kier alpha value is -1.62. The van der Waals surface area contributed by atoms with Crippen LogP contribution in [0.3, 0.4) is 0 Å². The molecule has 15 heavy (non-hydrogen) atoms. The summed E-state index contributed by atoms with van der Waals surface area (Å²) in [5.41, 5.74) is 1.31. The SMILES string of the molecule is N#Cc1ccc2c(n1)c(I)cn2C(=O)O. The van der Waals surface area contributed by atoms with Crippen LogP contribution in [0, 0.1) is 14.9 Å². The molecule has 2 rings (SSSR count). The highest BCUT2D eigenvalue weighted by Crippen LogP contribution is 2.21. The monoisotopic (exact) mass is 313 g/mol. The lowest BCUT2D eigenvalue weighted by molar-refractivity contribution is 0.197. The first kappa shape index (κ1) is 9.92. The fourth-order valence-corrected chi connectivity index (χ4v) is 1.96. The Morgan fingerprint density at radius 3 is 2.93 bits per heavy atom. The number of fused-ring (bicyclic) bond motifs is 1. The van der Waals surface area contributed by atoms with Gasteiger partial charge < -0.3 is 5.11 Å². The molecule has 0 aliphatic carbocycles. The number of pyridine rings is 1. The van der Waals surface area contributed by atoms with Gasteiger partial charge in [0.05, 0.1) is 9.09 Å². The Kier molecular flexibility index (Phi) is 2.32. The van der Waals surface area contributed by atoms with Crippen molar-refractivity contribution in [3.63, 3.8) is 0 Å². The second kappa shape index (κ2) is 3.51. The Morgan fingerprint density at radius 2 is 2.33 bits per heavy atom. The smallest absolute Gasteiger partial charge is 0.416 e. The molecule has 5 nitrogen and oxygen atoms in total. The standard InChI is InChI=1S/C9H4IN3O2/c10-6-4-13(9(14)15)7-2-1-5(3-11)12-8(6)7/h1-2,4H,(H,14,15). The van der Waals surface area contributed by atoms with Gasteiger partial charge in [0, 0.05) is 6.20 Å². The van der Waals surface area contributed by atoms with E-state index in [-0.39, 0.29) is 5.69 Å². The van der Waals surface area contributed by atoms with E-state index in [9.17, 15) is 4.79 Å². The summed E-state index contributed by atoms with van der Waals surface area (Å²) in [5.74, 6) is 0. The van der Waals surface area contributed by atoms with Crippen LogP contribution in [0.1, 0.15) is 5.69 Å². The maximum atomic E-state index is 10.8. The summed E-state index contributed by atoms with van der Waals surface area (Å²) in [4.78, 5) is 14.9. The van der Waals surface area contributed by atoms with Crippen LogP contribution >= 0.6 is 22.6 Å². The first-order valence-electron chi connectivity index (χ1n) is 3.94. The molecule has 2 aromatic rings.